The van der Waals surface area contributed by atoms with Gasteiger partial charge in [0.1, 0.15) is 5.75 Å². The number of anilines is 1. The first-order chi connectivity index (χ1) is 9.49. The lowest BCUT2D eigenvalue weighted by atomic mass is 10.1. The molecule has 3 heteroatoms. The number of ether oxygens (including phenoxy) is 1. The maximum absolute atomic E-state index is 12.3. The highest BCUT2D eigenvalue weighted by Gasteiger charge is 2.12. The Hall–Kier alpha value is -2.29. The van der Waals surface area contributed by atoms with Crippen LogP contribution in [0, 0.1) is 0 Å². The van der Waals surface area contributed by atoms with E-state index in [0.717, 1.165) is 17.0 Å². The van der Waals surface area contributed by atoms with Crippen LogP contribution in [-0.2, 0) is 4.79 Å². The number of carbonyl (C=O) groups excluding carboxylic acids is 1. The molecular weight excluding hydrogens is 250 g/mol. The van der Waals surface area contributed by atoms with Gasteiger partial charge in [-0.2, -0.15) is 0 Å². The van der Waals surface area contributed by atoms with Crippen molar-refractivity contribution in [3.05, 3.63) is 60.2 Å². The molecule has 1 rings (SSSR count). The quantitative estimate of drug-likeness (QED) is 0.603. The summed E-state index contributed by atoms with van der Waals surface area (Å²) in [4.78, 5) is 13.9. The summed E-state index contributed by atoms with van der Waals surface area (Å²) < 4.78 is 5.10. The summed E-state index contributed by atoms with van der Waals surface area (Å²) in [5, 5.41) is 0. The second kappa shape index (κ2) is 7.34. The number of nitrogens with zero attached hydrogens (tertiary/aromatic N) is 1. The summed E-state index contributed by atoms with van der Waals surface area (Å²) in [6.07, 6.45) is 5.54. The molecule has 0 fully saturated rings. The molecule has 0 radical (unpaired) electrons. The van der Waals surface area contributed by atoms with Crippen molar-refractivity contribution >= 4 is 11.6 Å². The van der Waals surface area contributed by atoms with Gasteiger partial charge in [0.2, 0.25) is 0 Å². The third-order valence-electron chi connectivity index (χ3n) is 2.88. The van der Waals surface area contributed by atoms with Crippen molar-refractivity contribution in [1.29, 1.82) is 0 Å². The Morgan fingerprint density at radius 3 is 2.40 bits per heavy atom. The van der Waals surface area contributed by atoms with Gasteiger partial charge < -0.3 is 9.64 Å². The van der Waals surface area contributed by atoms with Gasteiger partial charge in [-0.25, -0.2) is 0 Å². The van der Waals surface area contributed by atoms with Crippen LogP contribution in [0.3, 0.4) is 0 Å². The van der Waals surface area contributed by atoms with Gasteiger partial charge >= 0.3 is 0 Å². The van der Waals surface area contributed by atoms with Crippen LogP contribution in [0.2, 0.25) is 0 Å². The fourth-order valence-electron chi connectivity index (χ4n) is 1.79. The molecule has 0 unspecified atom stereocenters. The minimum atomic E-state index is -0.0548. The Morgan fingerprint density at radius 2 is 1.90 bits per heavy atom. The topological polar surface area (TPSA) is 29.5 Å². The van der Waals surface area contributed by atoms with Crippen molar-refractivity contribution in [2.75, 3.05) is 19.1 Å². The average Bonchev–Trinajstić information content (AvgIpc) is 2.46. The lowest BCUT2D eigenvalue weighted by Gasteiger charge is -2.18. The number of hydrogen-bond donors (Lipinski definition) is 0. The summed E-state index contributed by atoms with van der Waals surface area (Å²) in [6.45, 7) is 7.58. The van der Waals surface area contributed by atoms with Gasteiger partial charge in [0, 0.05) is 18.3 Å². The van der Waals surface area contributed by atoms with Crippen molar-refractivity contribution in [3.8, 4) is 5.75 Å². The predicted molar refractivity (Wildman–Crippen MR) is 84.1 cm³/mol. The molecule has 0 aliphatic heterocycles. The molecule has 0 bridgehead atoms. The zero-order chi connectivity index (χ0) is 15.1. The lowest BCUT2D eigenvalue weighted by molar-refractivity contribution is -0.114. The molecule has 1 aromatic carbocycles. The zero-order valence-electron chi connectivity index (χ0n) is 12.5. The van der Waals surface area contributed by atoms with Gasteiger partial charge in [0.05, 0.1) is 7.11 Å². The molecule has 0 saturated carbocycles. The molecule has 0 heterocycles. The van der Waals surface area contributed by atoms with Gasteiger partial charge in [0.25, 0.3) is 5.91 Å². The molecule has 106 valence electrons. The third kappa shape index (κ3) is 4.12. The van der Waals surface area contributed by atoms with E-state index in [0.29, 0.717) is 5.57 Å². The van der Waals surface area contributed by atoms with Crippen LogP contribution in [0.4, 0.5) is 5.69 Å². The highest BCUT2D eigenvalue weighted by atomic mass is 16.5. The van der Waals surface area contributed by atoms with E-state index in [-0.39, 0.29) is 5.91 Å². The Morgan fingerprint density at radius 1 is 1.30 bits per heavy atom. The van der Waals surface area contributed by atoms with Gasteiger partial charge in [-0.05, 0) is 49.8 Å². The van der Waals surface area contributed by atoms with E-state index in [1.165, 1.54) is 0 Å². The molecule has 0 spiro atoms. The van der Waals surface area contributed by atoms with Gasteiger partial charge in [-0.3, -0.25) is 4.79 Å². The van der Waals surface area contributed by atoms with E-state index in [9.17, 15) is 4.79 Å². The summed E-state index contributed by atoms with van der Waals surface area (Å²) in [7, 11) is 3.36. The van der Waals surface area contributed by atoms with E-state index in [1.807, 2.05) is 43.3 Å². The third-order valence-corrected chi connectivity index (χ3v) is 2.88. The van der Waals surface area contributed by atoms with Crippen LogP contribution in [-0.4, -0.2) is 20.1 Å². The number of benzene rings is 1. The lowest BCUT2D eigenvalue weighted by Crippen LogP contribution is -2.26. The summed E-state index contributed by atoms with van der Waals surface area (Å²) >= 11 is 0. The van der Waals surface area contributed by atoms with Crippen molar-refractivity contribution in [2.24, 2.45) is 0 Å². The fourth-order valence-corrected chi connectivity index (χ4v) is 1.79. The Balaban J connectivity index is 2.87. The van der Waals surface area contributed by atoms with Crippen LogP contribution in [0.25, 0.3) is 0 Å². The van der Waals surface area contributed by atoms with Gasteiger partial charge in [-0.15, -0.1) is 0 Å². The van der Waals surface area contributed by atoms with Crippen molar-refractivity contribution in [2.45, 2.75) is 13.8 Å². The van der Waals surface area contributed by atoms with Crippen molar-refractivity contribution in [3.63, 3.8) is 0 Å². The normalized spacial score (nSPS) is 11.5. The van der Waals surface area contributed by atoms with Gasteiger partial charge in [-0.1, -0.05) is 18.7 Å². The monoisotopic (exact) mass is 271 g/mol. The van der Waals surface area contributed by atoms with E-state index < -0.39 is 0 Å². The number of allylic oxidation sites excluding steroid dienone is 4. The minimum Gasteiger partial charge on any atom is -0.497 e. The van der Waals surface area contributed by atoms with Crippen LogP contribution < -0.4 is 9.64 Å². The molecule has 0 aliphatic rings. The van der Waals surface area contributed by atoms with Crippen molar-refractivity contribution < 1.29 is 9.53 Å². The standard InChI is InChI=1S/C17H21NO2/c1-6-7-13(2)12-14(3)17(19)18(4)15-8-10-16(20-5)11-9-15/h6-12H,2H2,1,3-5H3. The van der Waals surface area contributed by atoms with E-state index >= 15 is 0 Å². The largest absolute Gasteiger partial charge is 0.497 e. The molecule has 0 atom stereocenters. The SMILES string of the molecule is C=C(C=CC)C=C(C)C(=O)N(C)c1ccc(OC)cc1. The summed E-state index contributed by atoms with van der Waals surface area (Å²) in [5.41, 5.74) is 2.27. The Labute approximate surface area is 120 Å². The van der Waals surface area contributed by atoms with Crippen LogP contribution >= 0.6 is 0 Å². The van der Waals surface area contributed by atoms with Crippen LogP contribution in [0.5, 0.6) is 5.75 Å². The smallest absolute Gasteiger partial charge is 0.253 e. The zero-order valence-corrected chi connectivity index (χ0v) is 12.5. The molecule has 20 heavy (non-hydrogen) atoms. The van der Waals surface area contributed by atoms with Gasteiger partial charge in [0.15, 0.2) is 0 Å². The molecule has 0 N–H and O–H groups in total. The van der Waals surface area contributed by atoms with E-state index in [1.54, 1.807) is 32.1 Å². The van der Waals surface area contributed by atoms with E-state index in [4.69, 9.17) is 4.74 Å². The maximum atomic E-state index is 12.3. The Bertz CT molecular complexity index is 539. The van der Waals surface area contributed by atoms with Crippen LogP contribution in [0.1, 0.15) is 13.8 Å². The second-order valence-corrected chi connectivity index (χ2v) is 4.46. The predicted octanol–water partition coefficient (Wildman–Crippen LogP) is 3.74. The number of amides is 1. The highest BCUT2D eigenvalue weighted by molar-refractivity contribution is 6.05. The number of carbonyl (C=O) groups is 1. The number of rotatable bonds is 5. The molecule has 1 amide bonds. The molecule has 0 aliphatic carbocycles. The summed E-state index contributed by atoms with van der Waals surface area (Å²) in [6, 6.07) is 7.36. The molecule has 0 aromatic heterocycles. The first kappa shape index (κ1) is 15.8. The highest BCUT2D eigenvalue weighted by Crippen LogP contribution is 2.19. The molecular formula is C17H21NO2. The summed E-state index contributed by atoms with van der Waals surface area (Å²) in [5.74, 6) is 0.712. The van der Waals surface area contributed by atoms with Crippen LogP contribution in [0.15, 0.2) is 60.2 Å². The fraction of sp³-hybridized carbons (Fsp3) is 0.235. The second-order valence-electron chi connectivity index (χ2n) is 4.46. The van der Waals surface area contributed by atoms with E-state index in [2.05, 4.69) is 6.58 Å². The first-order valence-corrected chi connectivity index (χ1v) is 6.41. The Kier molecular flexibility index (Phi) is 5.78. The number of likely N-dealkylation sites (N-methyl/N-ethyl adjacent to an activating group) is 1. The maximum Gasteiger partial charge on any atom is 0.253 e. The number of hydrogen-bond acceptors (Lipinski definition) is 2. The first-order valence-electron chi connectivity index (χ1n) is 6.41. The number of methoxy groups -OCH3 is 1. The van der Waals surface area contributed by atoms with Crippen molar-refractivity contribution in [1.82, 2.24) is 0 Å². The molecule has 0 saturated heterocycles. The molecule has 1 aromatic rings. The minimum absolute atomic E-state index is 0.0548. The molecule has 3 nitrogen and oxygen atoms in total. The average molecular weight is 271 g/mol.